The second-order valence-corrected chi connectivity index (χ2v) is 16.1. The summed E-state index contributed by atoms with van der Waals surface area (Å²) in [5, 5.41) is 17.9. The molecule has 2 N–H and O–H groups in total. The van der Waals surface area contributed by atoms with E-state index >= 15 is 0 Å². The van der Waals surface area contributed by atoms with Gasteiger partial charge >= 0.3 is 6.09 Å². The van der Waals surface area contributed by atoms with Crippen molar-refractivity contribution in [2.24, 2.45) is 11.3 Å². The third-order valence-corrected chi connectivity index (χ3v) is 10.9. The Bertz CT molecular complexity index is 1650. The van der Waals surface area contributed by atoms with Gasteiger partial charge in [-0.1, -0.05) is 43.3 Å². The summed E-state index contributed by atoms with van der Waals surface area (Å²) in [4.78, 5) is 50.9. The van der Waals surface area contributed by atoms with Crippen LogP contribution in [-0.2, 0) is 20.9 Å². The fraction of sp³-hybridized carbons (Fsp3) is 0.583. The van der Waals surface area contributed by atoms with Crippen LogP contribution >= 0.6 is 11.3 Å². The number of aliphatic hydroxyl groups is 1. The summed E-state index contributed by atoms with van der Waals surface area (Å²) in [6.45, 7) is 14.8. The molecule has 0 bridgehead atoms. The fourth-order valence-corrected chi connectivity index (χ4v) is 8.00. The minimum Gasteiger partial charge on any atom is -0.444 e. The Morgan fingerprint density at radius 2 is 1.84 bits per heavy atom. The lowest BCUT2D eigenvalue weighted by Crippen LogP contribution is -2.61. The number of amides is 3. The number of thiazole rings is 1. The van der Waals surface area contributed by atoms with Gasteiger partial charge in [-0.05, 0) is 57.6 Å². The first-order valence-electron chi connectivity index (χ1n) is 17.2. The number of hydrogen-bond donors (Lipinski definition) is 2. The SMILES string of the molecule is Cc1ncsc1-c1ccc(CNC(=O)[C@H]2C[C@H](O)CN2C(=O)C(c2cc(N3CC4(CCN(C(=O)OC(C)(C)C)CC4)C3)no2)C(C)C)cc1. The Balaban J connectivity index is 1.05. The van der Waals surface area contributed by atoms with E-state index in [4.69, 9.17) is 9.26 Å². The van der Waals surface area contributed by atoms with Gasteiger partial charge in [0.1, 0.15) is 17.6 Å². The highest BCUT2D eigenvalue weighted by Gasteiger charge is 2.48. The number of aliphatic hydroxyl groups excluding tert-OH is 1. The molecule has 3 fully saturated rings. The first-order chi connectivity index (χ1) is 23.2. The average Bonchev–Trinajstić information content (AvgIpc) is 3.78. The second-order valence-electron chi connectivity index (χ2n) is 15.2. The van der Waals surface area contributed by atoms with Gasteiger partial charge in [0, 0.05) is 57.2 Å². The van der Waals surface area contributed by atoms with E-state index in [1.54, 1.807) is 16.2 Å². The highest BCUT2D eigenvalue weighted by Crippen LogP contribution is 2.43. The normalized spacial score (nSPS) is 21.2. The predicted molar refractivity (Wildman–Crippen MR) is 186 cm³/mol. The van der Waals surface area contributed by atoms with Crippen LogP contribution in [0.15, 0.2) is 40.4 Å². The Labute approximate surface area is 291 Å². The molecular weight excluding hydrogens is 644 g/mol. The number of ether oxygens (including phenoxy) is 1. The first-order valence-corrected chi connectivity index (χ1v) is 18.0. The molecule has 0 saturated carbocycles. The number of rotatable bonds is 8. The highest BCUT2D eigenvalue weighted by atomic mass is 32.1. The maximum absolute atomic E-state index is 14.1. The van der Waals surface area contributed by atoms with Gasteiger partial charge < -0.3 is 34.4 Å². The molecule has 0 aliphatic carbocycles. The number of β-amino-alcohol motifs (C(OH)–C–C–N with tert-alkyl or cyclic N) is 1. The largest absolute Gasteiger partial charge is 0.444 e. The quantitative estimate of drug-likeness (QED) is 0.335. The number of likely N-dealkylation sites (tertiary alicyclic amines) is 2. The van der Waals surface area contributed by atoms with Crippen LogP contribution in [0.3, 0.4) is 0 Å². The van der Waals surface area contributed by atoms with Crippen LogP contribution in [0, 0.1) is 18.3 Å². The molecule has 49 heavy (non-hydrogen) atoms. The topological polar surface area (TPSA) is 141 Å². The molecule has 3 aliphatic rings. The van der Waals surface area contributed by atoms with Gasteiger partial charge in [0.05, 0.1) is 22.2 Å². The summed E-state index contributed by atoms with van der Waals surface area (Å²) in [7, 11) is 0. The molecule has 6 rings (SSSR count). The van der Waals surface area contributed by atoms with Crippen molar-refractivity contribution in [1.82, 2.24) is 25.3 Å². The lowest BCUT2D eigenvalue weighted by molar-refractivity contribution is -0.141. The molecule has 2 aromatic heterocycles. The molecule has 0 radical (unpaired) electrons. The lowest BCUT2D eigenvalue weighted by atomic mass is 9.72. The van der Waals surface area contributed by atoms with Gasteiger partial charge in [0.25, 0.3) is 0 Å². The molecule has 264 valence electrons. The minimum atomic E-state index is -0.793. The van der Waals surface area contributed by atoms with Crippen molar-refractivity contribution < 1.29 is 28.8 Å². The van der Waals surface area contributed by atoms with Crippen LogP contribution in [0.4, 0.5) is 10.6 Å². The molecule has 13 heteroatoms. The standard InChI is InChI=1S/C36H48N6O6S/c1-22(2)30(28-16-29(39-48-28)41-19-36(20-41)11-13-40(14-12-36)34(46)47-35(4,5)6)33(45)42-18-26(43)15-27(42)32(44)37-17-24-7-9-25(10-8-24)31-23(3)38-21-49-31/h7-10,16,21-22,26-27,30,43H,11-15,17-20H2,1-6H3,(H,37,44)/t26-,27+,30?/m0/s1. The van der Waals surface area contributed by atoms with Gasteiger partial charge in [0.15, 0.2) is 11.6 Å². The van der Waals surface area contributed by atoms with Crippen LogP contribution in [0.2, 0.25) is 0 Å². The Morgan fingerprint density at radius 3 is 2.45 bits per heavy atom. The lowest BCUT2D eigenvalue weighted by Gasteiger charge is -2.53. The third kappa shape index (κ3) is 7.62. The molecule has 1 spiro atoms. The number of benzene rings is 1. The second kappa shape index (κ2) is 13.7. The van der Waals surface area contributed by atoms with E-state index in [0.717, 1.165) is 47.6 Å². The van der Waals surface area contributed by atoms with Crippen molar-refractivity contribution >= 4 is 35.1 Å². The number of carbonyl (C=O) groups excluding carboxylic acids is 3. The zero-order valence-electron chi connectivity index (χ0n) is 29.3. The molecule has 12 nitrogen and oxygen atoms in total. The number of nitrogens with zero attached hydrogens (tertiary/aromatic N) is 5. The van der Waals surface area contributed by atoms with Gasteiger partial charge in [-0.25, -0.2) is 9.78 Å². The predicted octanol–water partition coefficient (Wildman–Crippen LogP) is 4.96. The maximum Gasteiger partial charge on any atom is 0.410 e. The number of anilines is 1. The summed E-state index contributed by atoms with van der Waals surface area (Å²) in [5.41, 5.74) is 4.42. The summed E-state index contributed by atoms with van der Waals surface area (Å²) >= 11 is 1.59. The van der Waals surface area contributed by atoms with Gasteiger partial charge in [-0.2, -0.15) is 0 Å². The number of piperidine rings is 1. The molecular formula is C36H48N6O6S. The Morgan fingerprint density at radius 1 is 1.14 bits per heavy atom. The van der Waals surface area contributed by atoms with E-state index in [1.807, 2.05) is 77.4 Å². The molecule has 1 unspecified atom stereocenters. The van der Waals surface area contributed by atoms with Crippen LogP contribution in [0.5, 0.6) is 0 Å². The van der Waals surface area contributed by atoms with Crippen molar-refractivity contribution in [3.05, 3.63) is 52.9 Å². The molecule has 3 atom stereocenters. The van der Waals surface area contributed by atoms with Gasteiger partial charge in [-0.3, -0.25) is 9.59 Å². The number of aryl methyl sites for hydroxylation is 1. The van der Waals surface area contributed by atoms with Crippen molar-refractivity contribution in [1.29, 1.82) is 0 Å². The van der Waals surface area contributed by atoms with E-state index in [1.165, 1.54) is 4.90 Å². The summed E-state index contributed by atoms with van der Waals surface area (Å²) < 4.78 is 11.3. The van der Waals surface area contributed by atoms with E-state index in [-0.39, 0.29) is 42.2 Å². The van der Waals surface area contributed by atoms with Crippen molar-refractivity contribution in [2.45, 2.75) is 91.0 Å². The van der Waals surface area contributed by atoms with Crippen LogP contribution in [-0.4, -0.2) is 93.4 Å². The number of aromatic nitrogens is 2. The van der Waals surface area contributed by atoms with Gasteiger partial charge in [-0.15, -0.1) is 11.3 Å². The maximum atomic E-state index is 14.1. The van der Waals surface area contributed by atoms with Gasteiger partial charge in [0.2, 0.25) is 11.8 Å². The highest BCUT2D eigenvalue weighted by molar-refractivity contribution is 7.13. The summed E-state index contributed by atoms with van der Waals surface area (Å²) in [6.07, 6.45) is 0.897. The summed E-state index contributed by atoms with van der Waals surface area (Å²) in [5.74, 6) is -0.203. The zero-order chi connectivity index (χ0) is 35.1. The summed E-state index contributed by atoms with van der Waals surface area (Å²) in [6, 6.07) is 9.04. The van der Waals surface area contributed by atoms with Crippen molar-refractivity contribution in [3.8, 4) is 10.4 Å². The van der Waals surface area contributed by atoms with Crippen LogP contribution < -0.4 is 10.2 Å². The minimum absolute atomic E-state index is 0.0823. The Kier molecular flexibility index (Phi) is 9.78. The van der Waals surface area contributed by atoms with E-state index in [2.05, 4.69) is 20.4 Å². The monoisotopic (exact) mass is 692 g/mol. The van der Waals surface area contributed by atoms with Crippen molar-refractivity contribution in [2.75, 3.05) is 37.6 Å². The molecule has 5 heterocycles. The Hall–Kier alpha value is -3.97. The molecule has 3 aliphatic heterocycles. The van der Waals surface area contributed by atoms with Crippen molar-refractivity contribution in [3.63, 3.8) is 0 Å². The van der Waals surface area contributed by atoms with Crippen LogP contribution in [0.1, 0.15) is 76.8 Å². The number of hydrogen-bond acceptors (Lipinski definition) is 10. The number of carbonyl (C=O) groups is 3. The smallest absolute Gasteiger partial charge is 0.410 e. The zero-order valence-corrected chi connectivity index (χ0v) is 30.1. The average molecular weight is 693 g/mol. The molecule has 3 aromatic rings. The van der Waals surface area contributed by atoms with E-state index in [9.17, 15) is 19.5 Å². The fourth-order valence-electron chi connectivity index (χ4n) is 7.19. The third-order valence-electron chi connectivity index (χ3n) is 9.90. The van der Waals surface area contributed by atoms with E-state index in [0.29, 0.717) is 31.2 Å². The molecule has 1 aromatic carbocycles. The first kappa shape index (κ1) is 34.9. The number of nitrogens with one attached hydrogen (secondary N) is 1. The van der Waals surface area contributed by atoms with E-state index < -0.39 is 23.7 Å². The molecule has 3 saturated heterocycles. The van der Waals surface area contributed by atoms with Crippen LogP contribution in [0.25, 0.3) is 10.4 Å². The molecule has 3 amide bonds.